The lowest BCUT2D eigenvalue weighted by Crippen LogP contribution is -2.26. The molecule has 0 aliphatic carbocycles. The van der Waals surface area contributed by atoms with Crippen LogP contribution in [0.4, 0.5) is 0 Å². The summed E-state index contributed by atoms with van der Waals surface area (Å²) in [4.78, 5) is 11.1. The fourth-order valence-corrected chi connectivity index (χ4v) is 2.66. The molecule has 0 bridgehead atoms. The third-order valence-electron chi connectivity index (χ3n) is 3.97. The molecule has 28 heavy (non-hydrogen) atoms. The zero-order valence-corrected chi connectivity index (χ0v) is 15.4. The van der Waals surface area contributed by atoms with E-state index in [1.165, 1.54) is 11.6 Å². The molecule has 0 aliphatic heterocycles. The first kappa shape index (κ1) is 21.4. The summed E-state index contributed by atoms with van der Waals surface area (Å²) >= 11 is 0. The summed E-state index contributed by atoms with van der Waals surface area (Å²) in [5.74, 6) is 0.460. The molecule has 150 valence electrons. The summed E-state index contributed by atoms with van der Waals surface area (Å²) in [6.07, 6.45) is 2.07. The molecule has 2 aromatic carbocycles. The molecule has 0 saturated heterocycles. The van der Waals surface area contributed by atoms with E-state index in [0.29, 0.717) is 29.9 Å². The Balaban J connectivity index is 2.17. The lowest BCUT2D eigenvalue weighted by molar-refractivity contribution is -0.124. The Kier molecular flexibility index (Phi) is 9.00. The quantitative estimate of drug-likeness (QED) is 0.268. The number of hydrogen-bond donors (Lipinski definition) is 4. The zero-order chi connectivity index (χ0) is 20.2. The number of rotatable bonds is 11. The third kappa shape index (κ3) is 6.70. The van der Waals surface area contributed by atoms with Gasteiger partial charge in [-0.3, -0.25) is 10.0 Å². The van der Waals surface area contributed by atoms with E-state index in [1.54, 1.807) is 42.5 Å². The van der Waals surface area contributed by atoms with Crippen LogP contribution < -0.4 is 15.0 Å². The van der Waals surface area contributed by atoms with Crippen LogP contribution in [0.3, 0.4) is 0 Å². The van der Waals surface area contributed by atoms with Crippen LogP contribution >= 0.6 is 0 Å². The predicted octanol–water partition coefficient (Wildman–Crippen LogP) is 2.38. The highest BCUT2D eigenvalue weighted by Gasteiger charge is 2.25. The van der Waals surface area contributed by atoms with Gasteiger partial charge >= 0.3 is 0 Å². The molecule has 0 radical (unpaired) electrons. The molecule has 0 heterocycles. The molecular formula is C21H25NO6. The normalized spacial score (nSPS) is 13.1. The monoisotopic (exact) mass is 387 g/mol. The van der Waals surface area contributed by atoms with Gasteiger partial charge in [0, 0.05) is 11.6 Å². The van der Waals surface area contributed by atoms with Gasteiger partial charge in [0.05, 0.1) is 6.61 Å². The average Bonchev–Trinajstić information content (AvgIpc) is 2.74. The molecule has 1 amide bonds. The molecule has 7 nitrogen and oxygen atoms in total. The van der Waals surface area contributed by atoms with E-state index in [1.807, 2.05) is 18.2 Å². The van der Waals surface area contributed by atoms with Crippen molar-refractivity contribution in [3.63, 3.8) is 0 Å². The largest absolute Gasteiger partial charge is 0.491 e. The number of para-hydroxylation sites is 2. The fraction of sp³-hybridized carbons (Fsp3) is 0.286. The number of benzene rings is 2. The number of carbonyl (C=O) groups is 1. The Hall–Kier alpha value is -2.87. The fourth-order valence-electron chi connectivity index (χ4n) is 2.66. The molecule has 0 aliphatic rings. The summed E-state index contributed by atoms with van der Waals surface area (Å²) < 4.78 is 11.5. The highest BCUT2D eigenvalue weighted by molar-refractivity contribution is 5.86. The van der Waals surface area contributed by atoms with Crippen molar-refractivity contribution in [2.24, 2.45) is 0 Å². The average molecular weight is 387 g/mol. The highest BCUT2D eigenvalue weighted by Crippen LogP contribution is 2.31. The van der Waals surface area contributed by atoms with Gasteiger partial charge < -0.3 is 19.7 Å². The number of amides is 1. The molecule has 0 spiro atoms. The minimum Gasteiger partial charge on any atom is -0.491 e. The zero-order valence-electron chi connectivity index (χ0n) is 15.4. The van der Waals surface area contributed by atoms with Crippen molar-refractivity contribution < 1.29 is 29.7 Å². The number of carbonyl (C=O) groups excluding carboxylic acids is 1. The van der Waals surface area contributed by atoms with E-state index in [2.05, 4.69) is 0 Å². The van der Waals surface area contributed by atoms with Crippen molar-refractivity contribution in [1.82, 2.24) is 5.48 Å². The number of hydrogen-bond acceptors (Lipinski definition) is 6. The first-order valence-electron chi connectivity index (χ1n) is 8.98. The van der Waals surface area contributed by atoms with Gasteiger partial charge in [-0.05, 0) is 31.0 Å². The predicted molar refractivity (Wildman–Crippen MR) is 103 cm³/mol. The summed E-state index contributed by atoms with van der Waals surface area (Å²) in [5.41, 5.74) is 2.08. The third-order valence-corrected chi connectivity index (χ3v) is 3.97. The molecular weight excluding hydrogens is 362 g/mol. The van der Waals surface area contributed by atoms with E-state index in [-0.39, 0.29) is 13.2 Å². The molecule has 0 unspecified atom stereocenters. The smallest absolute Gasteiger partial charge is 0.267 e. The number of hydroxylamine groups is 1. The Morgan fingerprint density at radius 3 is 2.54 bits per heavy atom. The lowest BCUT2D eigenvalue weighted by atomic mass is 9.99. The Bertz CT molecular complexity index is 750. The van der Waals surface area contributed by atoms with Gasteiger partial charge in [-0.1, -0.05) is 42.5 Å². The second kappa shape index (κ2) is 11.8. The number of allylic oxidation sites excluding steroid dienone is 1. The van der Waals surface area contributed by atoms with Gasteiger partial charge in [0.1, 0.15) is 30.3 Å². The second-order valence-electron chi connectivity index (χ2n) is 5.98. The van der Waals surface area contributed by atoms with Crippen LogP contribution in [0.15, 0.2) is 66.7 Å². The molecule has 7 heteroatoms. The molecule has 0 fully saturated rings. The number of aliphatic hydroxyl groups excluding tert-OH is 2. The Labute approximate surface area is 163 Å². The van der Waals surface area contributed by atoms with Crippen LogP contribution in [0.25, 0.3) is 0 Å². The minimum atomic E-state index is -0.991. The maximum atomic E-state index is 11.1. The minimum absolute atomic E-state index is 0.118. The number of ether oxygens (including phenoxy) is 2. The number of nitrogens with one attached hydrogen (secondary N) is 1. The van der Waals surface area contributed by atoms with Crippen LogP contribution in [0.2, 0.25) is 0 Å². The van der Waals surface area contributed by atoms with E-state index < -0.39 is 18.1 Å². The molecule has 2 atom stereocenters. The first-order valence-corrected chi connectivity index (χ1v) is 8.98. The Morgan fingerprint density at radius 2 is 1.82 bits per heavy atom. The van der Waals surface area contributed by atoms with Gasteiger partial charge in [-0.15, -0.1) is 0 Å². The van der Waals surface area contributed by atoms with Gasteiger partial charge in [-0.25, -0.2) is 5.48 Å². The van der Waals surface area contributed by atoms with Gasteiger partial charge in [0.15, 0.2) is 0 Å². The lowest BCUT2D eigenvalue weighted by Gasteiger charge is -2.25. The van der Waals surface area contributed by atoms with E-state index in [0.717, 1.165) is 0 Å². The van der Waals surface area contributed by atoms with Crippen molar-refractivity contribution in [3.8, 4) is 11.5 Å². The van der Waals surface area contributed by atoms with Crippen molar-refractivity contribution in [2.45, 2.75) is 25.0 Å². The summed E-state index contributed by atoms with van der Waals surface area (Å²) in [7, 11) is 0. The molecule has 0 aromatic heterocycles. The summed E-state index contributed by atoms with van der Waals surface area (Å²) in [6.45, 7) is -0.0148. The molecule has 0 saturated carbocycles. The maximum Gasteiger partial charge on any atom is 0.267 e. The van der Waals surface area contributed by atoms with Crippen molar-refractivity contribution >= 4 is 5.91 Å². The molecule has 2 aromatic rings. The van der Waals surface area contributed by atoms with Gasteiger partial charge in [0.25, 0.3) is 5.91 Å². The van der Waals surface area contributed by atoms with Crippen molar-refractivity contribution in [1.29, 1.82) is 0 Å². The van der Waals surface area contributed by atoms with Crippen molar-refractivity contribution in [2.75, 3.05) is 13.2 Å². The topological polar surface area (TPSA) is 108 Å². The van der Waals surface area contributed by atoms with Crippen LogP contribution in [0, 0.1) is 0 Å². The van der Waals surface area contributed by atoms with Crippen LogP contribution in [-0.2, 0) is 4.79 Å². The van der Waals surface area contributed by atoms with E-state index in [4.69, 9.17) is 19.8 Å². The summed E-state index contributed by atoms with van der Waals surface area (Å²) in [5, 5.41) is 28.5. The standard InChI is InChI=1S/C21H25NO6/c23-14-15-27-18-11-5-4-10-17(18)21(25)19(12-6-7-13-20(24)22-26)28-16-8-2-1-3-9-16/h1-5,7-11,13,19,21,23,25-26H,6,12,14-15H2,(H,22,24)/b13-7+/t19-,21-/m1/s1. The number of aliphatic hydroxyl groups is 2. The van der Waals surface area contributed by atoms with Gasteiger partial charge in [-0.2, -0.15) is 0 Å². The van der Waals surface area contributed by atoms with E-state index in [9.17, 15) is 9.90 Å². The van der Waals surface area contributed by atoms with E-state index >= 15 is 0 Å². The van der Waals surface area contributed by atoms with Crippen LogP contribution in [0.1, 0.15) is 24.5 Å². The molecule has 2 rings (SSSR count). The maximum absolute atomic E-state index is 11.1. The first-order chi connectivity index (χ1) is 13.7. The van der Waals surface area contributed by atoms with Crippen LogP contribution in [0.5, 0.6) is 11.5 Å². The second-order valence-corrected chi connectivity index (χ2v) is 5.98. The molecule has 4 N–H and O–H groups in total. The summed E-state index contributed by atoms with van der Waals surface area (Å²) in [6, 6.07) is 16.2. The van der Waals surface area contributed by atoms with Gasteiger partial charge in [0.2, 0.25) is 0 Å². The van der Waals surface area contributed by atoms with Crippen LogP contribution in [-0.4, -0.2) is 40.6 Å². The Morgan fingerprint density at radius 1 is 1.11 bits per heavy atom. The highest BCUT2D eigenvalue weighted by atomic mass is 16.5. The van der Waals surface area contributed by atoms with Crippen molar-refractivity contribution in [3.05, 3.63) is 72.3 Å². The SMILES string of the molecule is O=C(/C=C/CC[C@@H](Oc1ccccc1)[C@H](O)c1ccccc1OCCO)NO.